The highest BCUT2D eigenvalue weighted by molar-refractivity contribution is 7.17. The molecule has 0 aliphatic heterocycles. The number of rotatable bonds is 9. The highest BCUT2D eigenvalue weighted by atomic mass is 32.1. The van der Waals surface area contributed by atoms with Gasteiger partial charge in [-0.3, -0.25) is 9.59 Å². The maximum absolute atomic E-state index is 12.2. The monoisotopic (exact) mass is 430 g/mol. The van der Waals surface area contributed by atoms with Gasteiger partial charge in [0.25, 0.3) is 11.8 Å². The standard InChI is InChI=1S/C22H26N2O5S/c1-13(2)10-11-28-15-8-6-14(7-9-15)22(27)29-12-18(25)24-21-19(20(23)26)16-4-3-5-17(16)30-21/h6-9,13H,3-5,10-12H2,1-2H3,(H2,23,26)(H,24,25). The van der Waals surface area contributed by atoms with Crippen LogP contribution in [-0.4, -0.2) is 31.0 Å². The summed E-state index contributed by atoms with van der Waals surface area (Å²) in [5, 5.41) is 3.08. The van der Waals surface area contributed by atoms with Gasteiger partial charge < -0.3 is 20.5 Å². The van der Waals surface area contributed by atoms with E-state index in [0.29, 0.717) is 34.4 Å². The van der Waals surface area contributed by atoms with Crippen molar-refractivity contribution in [3.63, 3.8) is 0 Å². The van der Waals surface area contributed by atoms with E-state index in [2.05, 4.69) is 19.2 Å². The quantitative estimate of drug-likeness (QED) is 0.592. The fraction of sp³-hybridized carbons (Fsp3) is 0.409. The highest BCUT2D eigenvalue weighted by Crippen LogP contribution is 2.38. The van der Waals surface area contributed by atoms with Crippen molar-refractivity contribution in [1.82, 2.24) is 0 Å². The van der Waals surface area contributed by atoms with Crippen molar-refractivity contribution in [3.05, 3.63) is 45.8 Å². The second kappa shape index (κ2) is 9.75. The minimum atomic E-state index is -0.609. The third kappa shape index (κ3) is 5.38. The molecule has 0 unspecified atom stereocenters. The zero-order valence-corrected chi connectivity index (χ0v) is 18.0. The Kier molecular flexibility index (Phi) is 7.10. The second-order valence-electron chi connectivity index (χ2n) is 7.61. The molecular formula is C22H26N2O5S. The molecule has 0 spiro atoms. The second-order valence-corrected chi connectivity index (χ2v) is 8.71. The van der Waals surface area contributed by atoms with Gasteiger partial charge in [-0.25, -0.2) is 4.79 Å². The number of amides is 2. The lowest BCUT2D eigenvalue weighted by atomic mass is 10.1. The third-order valence-electron chi connectivity index (χ3n) is 4.81. The highest BCUT2D eigenvalue weighted by Gasteiger charge is 2.26. The number of nitrogens with one attached hydrogen (secondary N) is 1. The van der Waals surface area contributed by atoms with Crippen LogP contribution in [0.3, 0.4) is 0 Å². The predicted octanol–water partition coefficient (Wildman–Crippen LogP) is 3.56. The molecule has 3 N–H and O–H groups in total. The van der Waals surface area contributed by atoms with Crippen LogP contribution in [-0.2, 0) is 22.4 Å². The zero-order valence-electron chi connectivity index (χ0n) is 17.2. The molecule has 0 fully saturated rings. The van der Waals surface area contributed by atoms with Crippen LogP contribution in [0.5, 0.6) is 5.75 Å². The molecule has 0 radical (unpaired) electrons. The number of hydrogen-bond donors (Lipinski definition) is 2. The molecule has 30 heavy (non-hydrogen) atoms. The molecule has 1 aliphatic rings. The molecule has 7 nitrogen and oxygen atoms in total. The topological polar surface area (TPSA) is 108 Å². The third-order valence-corrected chi connectivity index (χ3v) is 6.02. The fourth-order valence-corrected chi connectivity index (χ4v) is 4.54. The number of fused-ring (bicyclic) bond motifs is 1. The Bertz CT molecular complexity index is 934. The van der Waals surface area contributed by atoms with Crippen LogP contribution < -0.4 is 15.8 Å². The predicted molar refractivity (Wildman–Crippen MR) is 115 cm³/mol. The average Bonchev–Trinajstić information content (AvgIpc) is 3.26. The van der Waals surface area contributed by atoms with Gasteiger partial charge in [0.05, 0.1) is 17.7 Å². The number of esters is 1. The molecule has 1 aromatic carbocycles. The van der Waals surface area contributed by atoms with E-state index in [4.69, 9.17) is 15.2 Å². The SMILES string of the molecule is CC(C)CCOc1ccc(C(=O)OCC(=O)Nc2sc3c(c2C(N)=O)CCC3)cc1. The molecule has 1 aliphatic carbocycles. The van der Waals surface area contributed by atoms with E-state index in [1.807, 2.05) is 0 Å². The number of carbonyl (C=O) groups is 3. The lowest BCUT2D eigenvalue weighted by Crippen LogP contribution is -2.22. The van der Waals surface area contributed by atoms with Crippen molar-refractivity contribution in [1.29, 1.82) is 0 Å². The molecule has 8 heteroatoms. The number of nitrogens with two attached hydrogens (primary N) is 1. The molecule has 0 bridgehead atoms. The molecule has 1 heterocycles. The minimum absolute atomic E-state index is 0.326. The van der Waals surface area contributed by atoms with Crippen LogP contribution in [0.15, 0.2) is 24.3 Å². The summed E-state index contributed by atoms with van der Waals surface area (Å²) in [5.41, 5.74) is 7.11. The molecule has 0 atom stereocenters. The van der Waals surface area contributed by atoms with Gasteiger partial charge in [0.1, 0.15) is 10.8 Å². The molecule has 0 saturated heterocycles. The summed E-state index contributed by atoms with van der Waals surface area (Å²) in [4.78, 5) is 37.3. The van der Waals surface area contributed by atoms with E-state index in [1.54, 1.807) is 24.3 Å². The van der Waals surface area contributed by atoms with E-state index in [-0.39, 0.29) is 0 Å². The maximum Gasteiger partial charge on any atom is 0.338 e. The number of anilines is 1. The molecule has 160 valence electrons. The van der Waals surface area contributed by atoms with Gasteiger partial charge in [-0.05, 0) is 61.4 Å². The van der Waals surface area contributed by atoms with E-state index >= 15 is 0 Å². The van der Waals surface area contributed by atoms with Crippen LogP contribution in [0, 0.1) is 5.92 Å². The lowest BCUT2D eigenvalue weighted by molar-refractivity contribution is -0.119. The minimum Gasteiger partial charge on any atom is -0.494 e. The first-order chi connectivity index (χ1) is 14.3. The fourth-order valence-electron chi connectivity index (χ4n) is 3.23. The van der Waals surface area contributed by atoms with Gasteiger partial charge in [-0.1, -0.05) is 13.8 Å². The summed E-state index contributed by atoms with van der Waals surface area (Å²) in [7, 11) is 0. The van der Waals surface area contributed by atoms with Crippen LogP contribution in [0.4, 0.5) is 5.00 Å². The van der Waals surface area contributed by atoms with Gasteiger partial charge in [0.15, 0.2) is 6.61 Å². The lowest BCUT2D eigenvalue weighted by Gasteiger charge is -2.09. The number of primary amides is 1. The van der Waals surface area contributed by atoms with Crippen molar-refractivity contribution >= 4 is 34.1 Å². The summed E-state index contributed by atoms with van der Waals surface area (Å²) >= 11 is 1.36. The summed E-state index contributed by atoms with van der Waals surface area (Å²) in [6.45, 7) is 4.41. The van der Waals surface area contributed by atoms with Crippen molar-refractivity contribution in [3.8, 4) is 5.75 Å². The number of aryl methyl sites for hydroxylation is 1. The van der Waals surface area contributed by atoms with E-state index in [0.717, 1.165) is 36.1 Å². The summed E-state index contributed by atoms with van der Waals surface area (Å²) < 4.78 is 10.7. The van der Waals surface area contributed by atoms with Gasteiger partial charge in [0.2, 0.25) is 0 Å². The molecule has 0 saturated carbocycles. The number of hydrogen-bond acceptors (Lipinski definition) is 6. The van der Waals surface area contributed by atoms with Gasteiger partial charge in [-0.2, -0.15) is 0 Å². The van der Waals surface area contributed by atoms with Gasteiger partial charge in [-0.15, -0.1) is 11.3 Å². The van der Waals surface area contributed by atoms with Crippen molar-refractivity contribution < 1.29 is 23.9 Å². The molecule has 2 aromatic rings. The molecular weight excluding hydrogens is 404 g/mol. The Morgan fingerprint density at radius 2 is 1.90 bits per heavy atom. The Labute approximate surface area is 179 Å². The Morgan fingerprint density at radius 3 is 2.57 bits per heavy atom. The number of benzene rings is 1. The first-order valence-electron chi connectivity index (χ1n) is 9.99. The van der Waals surface area contributed by atoms with Crippen LogP contribution in [0.2, 0.25) is 0 Å². The molecule has 1 aromatic heterocycles. The summed E-state index contributed by atoms with van der Waals surface area (Å²) in [5.74, 6) is -0.450. The van der Waals surface area contributed by atoms with Crippen molar-refractivity contribution in [2.45, 2.75) is 39.5 Å². The summed E-state index contributed by atoms with van der Waals surface area (Å²) in [6, 6.07) is 6.59. The first-order valence-corrected chi connectivity index (χ1v) is 10.8. The zero-order chi connectivity index (χ0) is 21.7. The van der Waals surface area contributed by atoms with Crippen LogP contribution in [0.25, 0.3) is 0 Å². The van der Waals surface area contributed by atoms with E-state index in [1.165, 1.54) is 11.3 Å². The van der Waals surface area contributed by atoms with E-state index < -0.39 is 24.4 Å². The Morgan fingerprint density at radius 1 is 1.17 bits per heavy atom. The molecule has 2 amide bonds. The van der Waals surface area contributed by atoms with Gasteiger partial charge in [0, 0.05) is 4.88 Å². The normalized spacial score (nSPS) is 12.5. The van der Waals surface area contributed by atoms with Crippen LogP contribution in [0.1, 0.15) is 57.8 Å². The Hall–Kier alpha value is -2.87. The average molecular weight is 431 g/mol. The number of ether oxygens (including phenoxy) is 2. The van der Waals surface area contributed by atoms with Crippen molar-refractivity contribution in [2.75, 3.05) is 18.5 Å². The van der Waals surface area contributed by atoms with Crippen molar-refractivity contribution in [2.24, 2.45) is 11.7 Å². The maximum atomic E-state index is 12.2. The number of carbonyl (C=O) groups excluding carboxylic acids is 3. The smallest absolute Gasteiger partial charge is 0.338 e. The van der Waals surface area contributed by atoms with Crippen LogP contribution >= 0.6 is 11.3 Å². The largest absolute Gasteiger partial charge is 0.494 e. The van der Waals surface area contributed by atoms with E-state index in [9.17, 15) is 14.4 Å². The number of thiophene rings is 1. The first kappa shape index (κ1) is 21.8. The van der Waals surface area contributed by atoms with Gasteiger partial charge >= 0.3 is 5.97 Å². The Balaban J connectivity index is 1.51. The summed E-state index contributed by atoms with van der Waals surface area (Å²) in [6.07, 6.45) is 3.59. The molecule has 3 rings (SSSR count).